The number of fused-ring (bicyclic) bond motifs is 1. The van der Waals surface area contributed by atoms with E-state index in [9.17, 15) is 5.11 Å². The number of hydrogen-bond donors (Lipinski definition) is 1. The molecule has 0 spiro atoms. The molecule has 1 aliphatic rings. The second kappa shape index (κ2) is 5.64. The van der Waals surface area contributed by atoms with Gasteiger partial charge < -0.3 is 9.84 Å². The zero-order valence-electron chi connectivity index (χ0n) is 11.3. The van der Waals surface area contributed by atoms with Crippen molar-refractivity contribution in [2.75, 3.05) is 12.9 Å². The summed E-state index contributed by atoms with van der Waals surface area (Å²) in [7, 11) is 1.73. The average Bonchev–Trinajstić information content (AvgIpc) is 2.80. The maximum absolute atomic E-state index is 10.4. The van der Waals surface area contributed by atoms with Crippen LogP contribution in [0.4, 0.5) is 0 Å². The van der Waals surface area contributed by atoms with Gasteiger partial charge in [-0.3, -0.25) is 0 Å². The number of hydrogen-bond acceptors (Lipinski definition) is 3. The molecule has 1 aromatic rings. The fourth-order valence-electron chi connectivity index (χ4n) is 2.30. The molecule has 0 aromatic heterocycles. The minimum absolute atomic E-state index is 0.147. The van der Waals surface area contributed by atoms with Crippen LogP contribution in [0.2, 0.25) is 0 Å². The summed E-state index contributed by atoms with van der Waals surface area (Å²) in [6.45, 7) is 4.13. The van der Waals surface area contributed by atoms with Gasteiger partial charge in [0, 0.05) is 23.7 Å². The van der Waals surface area contributed by atoms with E-state index in [1.807, 2.05) is 11.8 Å². The first-order chi connectivity index (χ1) is 8.53. The van der Waals surface area contributed by atoms with Crippen molar-refractivity contribution in [3.63, 3.8) is 0 Å². The smallest absolute Gasteiger partial charge is 0.0623 e. The highest BCUT2D eigenvalue weighted by atomic mass is 32.2. The van der Waals surface area contributed by atoms with Crippen molar-refractivity contribution in [2.45, 2.75) is 49.2 Å². The maximum atomic E-state index is 10.4. The van der Waals surface area contributed by atoms with E-state index in [1.165, 1.54) is 10.5 Å². The summed E-state index contributed by atoms with van der Waals surface area (Å²) in [5, 5.41) is 10.4. The van der Waals surface area contributed by atoms with Crippen LogP contribution in [0, 0.1) is 0 Å². The molecule has 0 fully saturated rings. The predicted octanol–water partition coefficient (Wildman–Crippen LogP) is 3.44. The summed E-state index contributed by atoms with van der Waals surface area (Å²) >= 11 is 1.85. The van der Waals surface area contributed by atoms with Gasteiger partial charge in [0.1, 0.15) is 0 Å². The number of rotatable bonds is 5. The minimum atomic E-state index is -0.268. The van der Waals surface area contributed by atoms with Crippen LogP contribution < -0.4 is 0 Å². The molecule has 0 bridgehead atoms. The highest BCUT2D eigenvalue weighted by molar-refractivity contribution is 7.99. The summed E-state index contributed by atoms with van der Waals surface area (Å²) in [5.74, 6) is 1.27. The zero-order valence-corrected chi connectivity index (χ0v) is 12.2. The van der Waals surface area contributed by atoms with E-state index in [0.29, 0.717) is 0 Å². The number of aliphatic hydroxyl groups excluding tert-OH is 1. The fraction of sp³-hybridized carbons (Fsp3) is 0.600. The quantitative estimate of drug-likeness (QED) is 0.885. The molecule has 2 nitrogen and oxygen atoms in total. The Morgan fingerprint density at radius 3 is 2.89 bits per heavy atom. The van der Waals surface area contributed by atoms with Crippen LogP contribution in [0.5, 0.6) is 0 Å². The van der Waals surface area contributed by atoms with Crippen LogP contribution in [0.25, 0.3) is 0 Å². The molecule has 1 aliphatic heterocycles. The summed E-state index contributed by atoms with van der Waals surface area (Å²) in [6, 6.07) is 8.41. The molecule has 0 amide bonds. The van der Waals surface area contributed by atoms with Crippen LogP contribution >= 0.6 is 11.8 Å². The van der Waals surface area contributed by atoms with Crippen LogP contribution in [-0.4, -0.2) is 29.7 Å². The number of thioether (sulfide) groups is 1. The predicted molar refractivity (Wildman–Crippen MR) is 76.2 cm³/mol. The molecule has 0 radical (unpaired) electrons. The van der Waals surface area contributed by atoms with E-state index in [4.69, 9.17) is 4.74 Å². The lowest BCUT2D eigenvalue weighted by Gasteiger charge is -2.26. The first-order valence-electron chi connectivity index (χ1n) is 6.48. The average molecular weight is 266 g/mol. The van der Waals surface area contributed by atoms with Gasteiger partial charge in [-0.25, -0.2) is 0 Å². The second-order valence-corrected chi connectivity index (χ2v) is 6.59. The van der Waals surface area contributed by atoms with Crippen molar-refractivity contribution in [3.8, 4) is 0 Å². The summed E-state index contributed by atoms with van der Waals surface area (Å²) < 4.78 is 5.40. The van der Waals surface area contributed by atoms with Crippen LogP contribution in [0.1, 0.15) is 38.2 Å². The molecule has 2 rings (SSSR count). The number of ether oxygens (including phenoxy) is 1. The van der Waals surface area contributed by atoms with E-state index in [1.54, 1.807) is 7.11 Å². The lowest BCUT2D eigenvalue weighted by atomic mass is 9.90. The second-order valence-electron chi connectivity index (χ2n) is 5.53. The number of aliphatic hydroxyl groups is 1. The van der Waals surface area contributed by atoms with Gasteiger partial charge in [0.05, 0.1) is 11.7 Å². The van der Waals surface area contributed by atoms with E-state index in [2.05, 4.69) is 38.1 Å². The molecule has 3 heteroatoms. The minimum Gasteiger partial charge on any atom is -0.392 e. The monoisotopic (exact) mass is 266 g/mol. The van der Waals surface area contributed by atoms with Crippen molar-refractivity contribution >= 4 is 11.8 Å². The number of benzene rings is 1. The normalized spacial score (nSPS) is 20.8. The van der Waals surface area contributed by atoms with Gasteiger partial charge >= 0.3 is 0 Å². The molecular formula is C15H22O2S. The Hall–Kier alpha value is -0.510. The Bertz CT molecular complexity index is 403. The van der Waals surface area contributed by atoms with Gasteiger partial charge in [-0.2, -0.15) is 0 Å². The fourth-order valence-corrected chi connectivity index (χ4v) is 3.63. The topological polar surface area (TPSA) is 29.5 Å². The summed E-state index contributed by atoms with van der Waals surface area (Å²) in [4.78, 5) is 1.33. The third-order valence-corrected chi connectivity index (χ3v) is 5.00. The summed E-state index contributed by atoms with van der Waals surface area (Å²) in [6.07, 6.45) is 1.41. The third kappa shape index (κ3) is 3.08. The van der Waals surface area contributed by atoms with Crippen molar-refractivity contribution in [2.24, 2.45) is 0 Å². The highest BCUT2D eigenvalue weighted by Gasteiger charge is 2.30. The highest BCUT2D eigenvalue weighted by Crippen LogP contribution is 2.42. The molecule has 100 valence electrons. The molecule has 0 aliphatic carbocycles. The molecule has 0 saturated heterocycles. The first kappa shape index (κ1) is 13.9. The van der Waals surface area contributed by atoms with Gasteiger partial charge in [-0.05, 0) is 38.3 Å². The van der Waals surface area contributed by atoms with E-state index >= 15 is 0 Å². The Labute approximate surface area is 114 Å². The Kier molecular flexibility index (Phi) is 4.36. The van der Waals surface area contributed by atoms with E-state index in [0.717, 1.165) is 18.6 Å². The maximum Gasteiger partial charge on any atom is 0.0623 e. The van der Waals surface area contributed by atoms with Gasteiger partial charge in [0.2, 0.25) is 0 Å². The molecule has 1 N–H and O–H groups in total. The Balaban J connectivity index is 1.97. The number of methoxy groups -OCH3 is 1. The molecular weight excluding hydrogens is 244 g/mol. The standard InChI is InChI=1S/C15H22O2S/c1-15(2,17-3)9-8-13(16)12-10-18-14-7-5-4-6-11(12)14/h4-7,12-13,16H,8-10H2,1-3H3. The van der Waals surface area contributed by atoms with Crippen molar-refractivity contribution in [3.05, 3.63) is 29.8 Å². The molecule has 2 atom stereocenters. The Morgan fingerprint density at radius 1 is 1.44 bits per heavy atom. The molecule has 1 heterocycles. The van der Waals surface area contributed by atoms with Gasteiger partial charge in [0.25, 0.3) is 0 Å². The van der Waals surface area contributed by atoms with Gasteiger partial charge in [-0.15, -0.1) is 11.8 Å². The van der Waals surface area contributed by atoms with Gasteiger partial charge in [0.15, 0.2) is 0 Å². The van der Waals surface area contributed by atoms with Gasteiger partial charge in [-0.1, -0.05) is 18.2 Å². The van der Waals surface area contributed by atoms with E-state index < -0.39 is 0 Å². The lowest BCUT2D eigenvalue weighted by Crippen LogP contribution is -2.27. The summed E-state index contributed by atoms with van der Waals surface area (Å²) in [5.41, 5.74) is 1.16. The first-order valence-corrected chi connectivity index (χ1v) is 7.47. The lowest BCUT2D eigenvalue weighted by molar-refractivity contribution is 0.00103. The van der Waals surface area contributed by atoms with Crippen molar-refractivity contribution in [1.29, 1.82) is 0 Å². The van der Waals surface area contributed by atoms with E-state index in [-0.39, 0.29) is 17.6 Å². The molecule has 0 saturated carbocycles. The largest absolute Gasteiger partial charge is 0.392 e. The van der Waals surface area contributed by atoms with Crippen LogP contribution in [-0.2, 0) is 4.74 Å². The van der Waals surface area contributed by atoms with Crippen molar-refractivity contribution < 1.29 is 9.84 Å². The Morgan fingerprint density at radius 2 is 2.17 bits per heavy atom. The van der Waals surface area contributed by atoms with Crippen LogP contribution in [0.15, 0.2) is 29.2 Å². The van der Waals surface area contributed by atoms with Crippen molar-refractivity contribution in [1.82, 2.24) is 0 Å². The molecule has 1 aromatic carbocycles. The molecule has 18 heavy (non-hydrogen) atoms. The SMILES string of the molecule is COC(C)(C)CCC(O)C1CSc2ccccc21. The van der Waals surface area contributed by atoms with Crippen LogP contribution in [0.3, 0.4) is 0 Å². The molecule has 2 unspecified atom stereocenters. The zero-order chi connectivity index (χ0) is 13.2. The third-order valence-electron chi connectivity index (χ3n) is 3.80.